The second-order valence-corrected chi connectivity index (χ2v) is 5.39. The van der Waals surface area contributed by atoms with Crippen LogP contribution in [-0.4, -0.2) is 13.2 Å². The van der Waals surface area contributed by atoms with E-state index in [4.69, 9.17) is 16.3 Å². The van der Waals surface area contributed by atoms with Gasteiger partial charge in [0.1, 0.15) is 12.4 Å². The molecule has 0 saturated carbocycles. The Kier molecular flexibility index (Phi) is 6.23. The molecule has 1 rings (SSSR count). The number of hydrogen-bond acceptors (Lipinski definition) is 2. The number of nitrogens with one attached hydrogen (secondary N) is 1. The molecule has 2 nitrogen and oxygen atoms in total. The van der Waals surface area contributed by atoms with Crippen LogP contribution in [-0.2, 0) is 6.54 Å². The minimum Gasteiger partial charge on any atom is -0.489 e. The quantitative estimate of drug-likeness (QED) is 0.753. The van der Waals surface area contributed by atoms with Gasteiger partial charge in [-0.3, -0.25) is 0 Å². The summed E-state index contributed by atoms with van der Waals surface area (Å²) in [5, 5.41) is 4.12. The number of benzene rings is 1. The van der Waals surface area contributed by atoms with Gasteiger partial charge < -0.3 is 10.1 Å². The molecule has 1 N–H and O–H groups in total. The lowest BCUT2D eigenvalue weighted by Crippen LogP contribution is -2.19. The van der Waals surface area contributed by atoms with E-state index >= 15 is 0 Å². The van der Waals surface area contributed by atoms with Crippen LogP contribution in [0.5, 0.6) is 5.75 Å². The van der Waals surface area contributed by atoms with Crippen LogP contribution >= 0.6 is 11.6 Å². The van der Waals surface area contributed by atoms with E-state index in [0.29, 0.717) is 12.5 Å². The van der Waals surface area contributed by atoms with Crippen molar-refractivity contribution >= 4 is 11.6 Å². The van der Waals surface area contributed by atoms with E-state index in [1.807, 2.05) is 25.1 Å². The molecule has 0 radical (unpaired) electrons. The molecule has 0 aliphatic carbocycles. The van der Waals surface area contributed by atoms with Gasteiger partial charge in [0.2, 0.25) is 0 Å². The number of hydrogen-bond donors (Lipinski definition) is 1. The second-order valence-electron chi connectivity index (χ2n) is 4.99. The first-order valence-electron chi connectivity index (χ1n) is 6.26. The molecule has 18 heavy (non-hydrogen) atoms. The third-order valence-corrected chi connectivity index (χ3v) is 2.76. The van der Waals surface area contributed by atoms with E-state index in [1.165, 1.54) is 0 Å². The summed E-state index contributed by atoms with van der Waals surface area (Å²) >= 11 is 6.22. The predicted molar refractivity (Wildman–Crippen MR) is 78.3 cm³/mol. The maximum absolute atomic E-state index is 6.22. The van der Waals surface area contributed by atoms with Gasteiger partial charge in [-0.2, -0.15) is 0 Å². The summed E-state index contributed by atoms with van der Waals surface area (Å²) in [7, 11) is 0. The summed E-state index contributed by atoms with van der Waals surface area (Å²) in [6.07, 6.45) is 0. The van der Waals surface area contributed by atoms with Gasteiger partial charge in [0.25, 0.3) is 0 Å². The maximum Gasteiger partial charge on any atom is 0.125 e. The highest BCUT2D eigenvalue weighted by molar-refractivity contribution is 6.31. The van der Waals surface area contributed by atoms with Gasteiger partial charge in [0.15, 0.2) is 0 Å². The van der Waals surface area contributed by atoms with Gasteiger partial charge >= 0.3 is 0 Å². The van der Waals surface area contributed by atoms with Crippen LogP contribution in [0, 0.1) is 5.92 Å². The van der Waals surface area contributed by atoms with Crippen LogP contribution in [0.1, 0.15) is 26.3 Å². The van der Waals surface area contributed by atoms with Crippen molar-refractivity contribution in [2.75, 3.05) is 13.2 Å². The molecule has 0 fully saturated rings. The molecule has 0 aromatic heterocycles. The molecule has 0 aliphatic heterocycles. The van der Waals surface area contributed by atoms with Crippen LogP contribution in [0.2, 0.25) is 5.02 Å². The average molecular weight is 268 g/mol. The summed E-state index contributed by atoms with van der Waals surface area (Å²) in [6.45, 7) is 12.4. The Morgan fingerprint density at radius 2 is 2.17 bits per heavy atom. The third-order valence-electron chi connectivity index (χ3n) is 2.40. The Morgan fingerprint density at radius 1 is 1.44 bits per heavy atom. The average Bonchev–Trinajstić information content (AvgIpc) is 2.28. The van der Waals surface area contributed by atoms with E-state index in [9.17, 15) is 0 Å². The van der Waals surface area contributed by atoms with Crippen LogP contribution in [0.4, 0.5) is 0 Å². The molecule has 0 bridgehead atoms. The van der Waals surface area contributed by atoms with Crippen molar-refractivity contribution in [3.8, 4) is 5.75 Å². The van der Waals surface area contributed by atoms with Crippen LogP contribution in [0.15, 0.2) is 30.4 Å². The van der Waals surface area contributed by atoms with E-state index in [2.05, 4.69) is 25.7 Å². The molecule has 0 spiro atoms. The SMILES string of the molecule is C=C(C)COc1cccc(Cl)c1CNCC(C)C. The largest absolute Gasteiger partial charge is 0.489 e. The Morgan fingerprint density at radius 3 is 2.78 bits per heavy atom. The lowest BCUT2D eigenvalue weighted by atomic mass is 10.1. The van der Waals surface area contributed by atoms with E-state index in [-0.39, 0.29) is 0 Å². The Labute approximate surface area is 115 Å². The molecule has 0 atom stereocenters. The van der Waals surface area contributed by atoms with Gasteiger partial charge in [-0.1, -0.05) is 38.1 Å². The summed E-state index contributed by atoms with van der Waals surface area (Å²) in [5.74, 6) is 1.45. The fraction of sp³-hybridized carbons (Fsp3) is 0.467. The second kappa shape index (κ2) is 7.45. The Balaban J connectivity index is 2.70. The van der Waals surface area contributed by atoms with E-state index in [1.54, 1.807) is 0 Å². The van der Waals surface area contributed by atoms with Crippen molar-refractivity contribution in [1.82, 2.24) is 5.32 Å². The highest BCUT2D eigenvalue weighted by Crippen LogP contribution is 2.26. The van der Waals surface area contributed by atoms with E-state index < -0.39 is 0 Å². The molecule has 1 aromatic rings. The Bertz CT molecular complexity index is 401. The molecular formula is C15H22ClNO. The minimum atomic E-state index is 0.525. The molecule has 0 amide bonds. The molecule has 0 aliphatic rings. The van der Waals surface area contributed by atoms with Crippen molar-refractivity contribution in [3.63, 3.8) is 0 Å². The first kappa shape index (κ1) is 15.1. The minimum absolute atomic E-state index is 0.525. The summed E-state index contributed by atoms with van der Waals surface area (Å²) in [6, 6.07) is 5.74. The normalized spacial score (nSPS) is 10.7. The van der Waals surface area contributed by atoms with Gasteiger partial charge in [-0.05, 0) is 37.1 Å². The first-order valence-corrected chi connectivity index (χ1v) is 6.63. The van der Waals surface area contributed by atoms with Gasteiger partial charge in [0, 0.05) is 17.1 Å². The lowest BCUT2D eigenvalue weighted by molar-refractivity contribution is 0.347. The van der Waals surface area contributed by atoms with Crippen molar-refractivity contribution in [1.29, 1.82) is 0 Å². The van der Waals surface area contributed by atoms with Crippen LogP contribution in [0.25, 0.3) is 0 Å². The molecule has 1 aromatic carbocycles. The first-order chi connectivity index (χ1) is 8.50. The van der Waals surface area contributed by atoms with Crippen LogP contribution in [0.3, 0.4) is 0 Å². The monoisotopic (exact) mass is 267 g/mol. The zero-order valence-corrected chi connectivity index (χ0v) is 12.2. The van der Waals surface area contributed by atoms with Crippen molar-refractivity contribution in [3.05, 3.63) is 40.9 Å². The molecule has 100 valence electrons. The van der Waals surface area contributed by atoms with Gasteiger partial charge in [0.05, 0.1) is 0 Å². The topological polar surface area (TPSA) is 21.3 Å². The highest BCUT2D eigenvalue weighted by Gasteiger charge is 2.08. The van der Waals surface area contributed by atoms with Crippen molar-refractivity contribution < 1.29 is 4.74 Å². The van der Waals surface area contributed by atoms with Crippen molar-refractivity contribution in [2.45, 2.75) is 27.3 Å². The van der Waals surface area contributed by atoms with E-state index in [0.717, 1.165) is 35.0 Å². The number of ether oxygens (including phenoxy) is 1. The summed E-state index contributed by atoms with van der Waals surface area (Å²) in [4.78, 5) is 0. The lowest BCUT2D eigenvalue weighted by Gasteiger charge is -2.14. The van der Waals surface area contributed by atoms with Gasteiger partial charge in [-0.25, -0.2) is 0 Å². The zero-order chi connectivity index (χ0) is 13.5. The fourth-order valence-electron chi connectivity index (χ4n) is 1.53. The highest BCUT2D eigenvalue weighted by atomic mass is 35.5. The zero-order valence-electron chi connectivity index (χ0n) is 11.4. The van der Waals surface area contributed by atoms with Gasteiger partial charge in [-0.15, -0.1) is 0 Å². The molecule has 0 heterocycles. The number of rotatable bonds is 7. The smallest absolute Gasteiger partial charge is 0.125 e. The number of halogens is 1. The summed E-state index contributed by atoms with van der Waals surface area (Å²) < 4.78 is 5.71. The molecular weight excluding hydrogens is 246 g/mol. The molecule has 0 saturated heterocycles. The molecule has 3 heteroatoms. The fourth-order valence-corrected chi connectivity index (χ4v) is 1.77. The molecule has 0 unspecified atom stereocenters. The maximum atomic E-state index is 6.22. The summed E-state index contributed by atoms with van der Waals surface area (Å²) in [5.41, 5.74) is 2.01. The van der Waals surface area contributed by atoms with Crippen LogP contribution < -0.4 is 10.1 Å². The predicted octanol–water partition coefficient (Wildman–Crippen LogP) is 4.04. The van der Waals surface area contributed by atoms with Crippen molar-refractivity contribution in [2.24, 2.45) is 5.92 Å². The third kappa shape index (κ3) is 5.11. The standard InChI is InChI=1S/C15H22ClNO/c1-11(2)8-17-9-13-14(16)6-5-7-15(13)18-10-12(3)4/h5-7,11,17H,3,8-10H2,1-2,4H3. The Hall–Kier alpha value is -0.990.